The molecule has 72 valence electrons. The van der Waals surface area contributed by atoms with E-state index in [0.29, 0.717) is 13.1 Å². The average molecular weight is 195 g/mol. The maximum atomic E-state index is 10.4. The van der Waals surface area contributed by atoms with Crippen LogP contribution in [-0.4, -0.2) is 56.1 Å². The van der Waals surface area contributed by atoms with E-state index in [1.54, 1.807) is 0 Å². The minimum Gasteiger partial charge on any atom is -0.304 e. The second kappa shape index (κ2) is 3.67. The molecule has 1 aliphatic heterocycles. The van der Waals surface area contributed by atoms with E-state index in [1.165, 1.54) is 5.01 Å². The third kappa shape index (κ3) is 3.46. The molecule has 0 radical (unpaired) electrons. The zero-order chi connectivity index (χ0) is 9.19. The monoisotopic (exact) mass is 195 g/mol. The van der Waals surface area contributed by atoms with Crippen molar-refractivity contribution in [3.63, 3.8) is 0 Å². The lowest BCUT2D eigenvalue weighted by Crippen LogP contribution is -2.52. The Morgan fingerprint density at radius 2 is 1.75 bits per heavy atom. The lowest BCUT2D eigenvalue weighted by atomic mass is 10.4. The van der Waals surface area contributed by atoms with Crippen LogP contribution in [0.4, 0.5) is 0 Å². The lowest BCUT2D eigenvalue weighted by Gasteiger charge is -2.31. The van der Waals surface area contributed by atoms with Gasteiger partial charge >= 0.3 is 10.3 Å². The molecule has 0 aliphatic carbocycles. The van der Waals surface area contributed by atoms with Gasteiger partial charge in [0.1, 0.15) is 0 Å². The van der Waals surface area contributed by atoms with E-state index in [9.17, 15) is 8.42 Å². The van der Waals surface area contributed by atoms with Crippen LogP contribution in [0.15, 0.2) is 0 Å². The van der Waals surface area contributed by atoms with Crippen molar-refractivity contribution in [3.05, 3.63) is 0 Å². The number of hydrogen-bond donors (Lipinski definition) is 2. The normalized spacial score (nSPS) is 22.8. The van der Waals surface area contributed by atoms with Crippen molar-refractivity contribution in [2.75, 3.05) is 33.2 Å². The fraction of sp³-hybridized carbons (Fsp3) is 1.00. The first-order valence-corrected chi connectivity index (χ1v) is 5.10. The zero-order valence-electron chi connectivity index (χ0n) is 6.89. The number of hydrazine groups is 1. The molecule has 7 heteroatoms. The SMILES string of the molecule is CN1CCN(NS(=O)(=O)O)CC1. The topological polar surface area (TPSA) is 72.9 Å². The molecular formula is C5H13N3O3S. The van der Waals surface area contributed by atoms with Crippen LogP contribution >= 0.6 is 0 Å². The highest BCUT2D eigenvalue weighted by Crippen LogP contribution is 1.95. The van der Waals surface area contributed by atoms with Gasteiger partial charge in [-0.2, -0.15) is 8.42 Å². The molecule has 0 unspecified atom stereocenters. The highest BCUT2D eigenvalue weighted by atomic mass is 32.2. The number of nitrogens with zero attached hydrogens (tertiary/aromatic N) is 2. The van der Waals surface area contributed by atoms with E-state index in [1.807, 2.05) is 11.9 Å². The van der Waals surface area contributed by atoms with Crippen molar-refractivity contribution in [2.24, 2.45) is 0 Å². The number of rotatable bonds is 2. The highest BCUT2D eigenvalue weighted by molar-refractivity contribution is 7.83. The molecule has 0 amide bonds. The summed E-state index contributed by atoms with van der Waals surface area (Å²) in [5.74, 6) is 0. The van der Waals surface area contributed by atoms with Crippen molar-refractivity contribution in [3.8, 4) is 0 Å². The van der Waals surface area contributed by atoms with Gasteiger partial charge in [0.25, 0.3) is 0 Å². The maximum absolute atomic E-state index is 10.4. The zero-order valence-corrected chi connectivity index (χ0v) is 7.71. The van der Waals surface area contributed by atoms with Gasteiger partial charge in [0.15, 0.2) is 0 Å². The fourth-order valence-electron chi connectivity index (χ4n) is 1.06. The first kappa shape index (κ1) is 9.87. The van der Waals surface area contributed by atoms with Gasteiger partial charge in [-0.25, -0.2) is 5.01 Å². The van der Waals surface area contributed by atoms with Gasteiger partial charge in [-0.1, -0.05) is 0 Å². The molecule has 0 atom stereocenters. The lowest BCUT2D eigenvalue weighted by molar-refractivity contribution is 0.131. The van der Waals surface area contributed by atoms with Gasteiger partial charge in [-0.05, 0) is 7.05 Å². The third-order valence-electron chi connectivity index (χ3n) is 1.75. The summed E-state index contributed by atoms with van der Waals surface area (Å²) in [6.07, 6.45) is 0. The molecule has 1 saturated heterocycles. The summed E-state index contributed by atoms with van der Waals surface area (Å²) < 4.78 is 29.2. The molecule has 1 rings (SSSR count). The Labute approximate surface area is 72.0 Å². The van der Waals surface area contributed by atoms with Crippen LogP contribution in [-0.2, 0) is 10.3 Å². The van der Waals surface area contributed by atoms with E-state index in [2.05, 4.69) is 4.90 Å². The van der Waals surface area contributed by atoms with Crippen LogP contribution in [0.3, 0.4) is 0 Å². The molecule has 0 aromatic heterocycles. The summed E-state index contributed by atoms with van der Waals surface area (Å²) in [7, 11) is -2.12. The summed E-state index contributed by atoms with van der Waals surface area (Å²) in [6, 6.07) is 0. The number of hydrogen-bond acceptors (Lipinski definition) is 4. The minimum atomic E-state index is -4.08. The first-order chi connectivity index (χ1) is 5.47. The Morgan fingerprint density at radius 3 is 2.17 bits per heavy atom. The first-order valence-electron chi connectivity index (χ1n) is 3.66. The Balaban J connectivity index is 2.36. The Bertz CT molecular complexity index is 232. The standard InChI is InChI=1S/C5H13N3O3S/c1-7-2-4-8(5-3-7)6-12(9,10)11/h6H,2-5H2,1H3,(H,9,10,11). The van der Waals surface area contributed by atoms with Gasteiger partial charge in [-0.3, -0.25) is 4.55 Å². The predicted molar refractivity (Wildman–Crippen MR) is 43.8 cm³/mol. The van der Waals surface area contributed by atoms with Crippen molar-refractivity contribution < 1.29 is 13.0 Å². The Morgan fingerprint density at radius 1 is 1.25 bits per heavy atom. The average Bonchev–Trinajstić information content (AvgIpc) is 1.91. The van der Waals surface area contributed by atoms with Crippen LogP contribution in [0.5, 0.6) is 0 Å². The molecule has 1 fully saturated rings. The van der Waals surface area contributed by atoms with E-state index >= 15 is 0 Å². The molecule has 6 nitrogen and oxygen atoms in total. The summed E-state index contributed by atoms with van der Waals surface area (Å²) in [6.45, 7) is 2.78. The molecule has 2 N–H and O–H groups in total. The van der Waals surface area contributed by atoms with E-state index in [0.717, 1.165) is 13.1 Å². The highest BCUT2D eigenvalue weighted by Gasteiger charge is 2.17. The molecule has 0 spiro atoms. The molecule has 0 aromatic carbocycles. The molecule has 0 bridgehead atoms. The molecule has 1 aliphatic rings. The molecular weight excluding hydrogens is 182 g/mol. The van der Waals surface area contributed by atoms with E-state index < -0.39 is 10.3 Å². The Hall–Kier alpha value is -0.210. The molecule has 1 heterocycles. The minimum absolute atomic E-state index is 0.594. The summed E-state index contributed by atoms with van der Waals surface area (Å²) >= 11 is 0. The van der Waals surface area contributed by atoms with Crippen molar-refractivity contribution in [1.82, 2.24) is 14.7 Å². The van der Waals surface area contributed by atoms with Gasteiger partial charge in [0, 0.05) is 26.2 Å². The van der Waals surface area contributed by atoms with Crippen molar-refractivity contribution in [2.45, 2.75) is 0 Å². The second-order valence-electron chi connectivity index (χ2n) is 2.86. The van der Waals surface area contributed by atoms with Gasteiger partial charge in [0.2, 0.25) is 0 Å². The molecule has 0 aromatic rings. The fourth-order valence-corrected chi connectivity index (χ4v) is 1.57. The van der Waals surface area contributed by atoms with Gasteiger partial charge < -0.3 is 4.90 Å². The second-order valence-corrected chi connectivity index (χ2v) is 3.99. The number of nitrogens with one attached hydrogen (secondary N) is 1. The van der Waals surface area contributed by atoms with Crippen LogP contribution in [0, 0.1) is 0 Å². The van der Waals surface area contributed by atoms with Crippen LogP contribution in [0.1, 0.15) is 0 Å². The van der Waals surface area contributed by atoms with Crippen molar-refractivity contribution in [1.29, 1.82) is 0 Å². The third-order valence-corrected chi connectivity index (χ3v) is 2.24. The Kier molecular flexibility index (Phi) is 3.02. The van der Waals surface area contributed by atoms with Gasteiger partial charge in [0.05, 0.1) is 0 Å². The summed E-state index contributed by atoms with van der Waals surface area (Å²) in [4.78, 5) is 4.10. The smallest absolute Gasteiger partial charge is 0.304 e. The van der Waals surface area contributed by atoms with E-state index in [-0.39, 0.29) is 0 Å². The number of likely N-dealkylation sites (N-methyl/N-ethyl adjacent to an activating group) is 1. The van der Waals surface area contributed by atoms with Crippen LogP contribution in [0.2, 0.25) is 0 Å². The molecule has 12 heavy (non-hydrogen) atoms. The quantitative estimate of drug-likeness (QED) is 0.527. The van der Waals surface area contributed by atoms with E-state index in [4.69, 9.17) is 4.55 Å². The summed E-state index contributed by atoms with van der Waals surface area (Å²) in [5, 5.41) is 1.48. The van der Waals surface area contributed by atoms with Crippen LogP contribution in [0.25, 0.3) is 0 Å². The predicted octanol–water partition coefficient (Wildman–Crippen LogP) is -1.46. The van der Waals surface area contributed by atoms with Gasteiger partial charge in [-0.15, -0.1) is 4.83 Å². The summed E-state index contributed by atoms with van der Waals surface area (Å²) in [5.41, 5.74) is 0. The molecule has 0 saturated carbocycles. The maximum Gasteiger partial charge on any atom is 0.346 e. The van der Waals surface area contributed by atoms with Crippen molar-refractivity contribution >= 4 is 10.3 Å². The number of piperazine rings is 1. The largest absolute Gasteiger partial charge is 0.346 e. The van der Waals surface area contributed by atoms with Crippen LogP contribution < -0.4 is 4.83 Å².